The maximum Gasteiger partial charge on any atom is 0.264 e. The number of aromatic nitrogens is 1. The second-order valence-electron chi connectivity index (χ2n) is 6.97. The first kappa shape index (κ1) is 19.3. The Bertz CT molecular complexity index is 1260. The summed E-state index contributed by atoms with van der Waals surface area (Å²) in [5.41, 5.74) is 9.33. The van der Waals surface area contributed by atoms with Crippen LogP contribution in [0.4, 0.5) is 11.5 Å². The summed E-state index contributed by atoms with van der Waals surface area (Å²) in [5, 5.41) is 3.49. The van der Waals surface area contributed by atoms with Crippen LogP contribution in [-0.2, 0) is 0 Å². The van der Waals surface area contributed by atoms with Crippen molar-refractivity contribution in [3.63, 3.8) is 0 Å². The number of methoxy groups -OCH3 is 1. The van der Waals surface area contributed by atoms with Gasteiger partial charge in [-0.05, 0) is 55.0 Å². The molecule has 0 aliphatic rings. The number of nitrogens with two attached hydrogens (primary N) is 1. The first-order chi connectivity index (χ1) is 14.5. The summed E-state index contributed by atoms with van der Waals surface area (Å²) in [6, 6.07) is 21.4. The summed E-state index contributed by atoms with van der Waals surface area (Å²) in [7, 11) is 1.56. The second-order valence-corrected chi connectivity index (χ2v) is 6.97. The maximum atomic E-state index is 13.2. The Morgan fingerprint density at radius 3 is 2.40 bits per heavy atom. The van der Waals surface area contributed by atoms with E-state index in [-0.39, 0.29) is 23.2 Å². The molecule has 150 valence electrons. The van der Waals surface area contributed by atoms with E-state index < -0.39 is 0 Å². The molecule has 6 heteroatoms. The molecule has 4 rings (SSSR count). The standard InChI is InChI=1S/C24H21N3O3/c1-15-6-5-7-17(14-15)26-23(28)21-19-8-3-4-9-20(19)27(22(21)25)24(29)16-10-12-18(30-2)13-11-16/h3-14H,25H2,1-2H3,(H,26,28). The Labute approximate surface area is 173 Å². The quantitative estimate of drug-likeness (QED) is 0.530. The van der Waals surface area contributed by atoms with Crippen LogP contribution in [0.5, 0.6) is 5.75 Å². The monoisotopic (exact) mass is 399 g/mol. The number of para-hydroxylation sites is 1. The lowest BCUT2D eigenvalue weighted by atomic mass is 10.1. The van der Waals surface area contributed by atoms with Crippen LogP contribution < -0.4 is 15.8 Å². The van der Waals surface area contributed by atoms with Gasteiger partial charge in [0.2, 0.25) is 0 Å². The summed E-state index contributed by atoms with van der Waals surface area (Å²) in [5.74, 6) is 0.0637. The van der Waals surface area contributed by atoms with E-state index in [1.54, 1.807) is 43.5 Å². The van der Waals surface area contributed by atoms with E-state index in [9.17, 15) is 9.59 Å². The molecule has 0 aliphatic carbocycles. The molecule has 4 aromatic rings. The highest BCUT2D eigenvalue weighted by Gasteiger charge is 2.24. The number of hydrogen-bond acceptors (Lipinski definition) is 4. The van der Waals surface area contributed by atoms with E-state index in [4.69, 9.17) is 10.5 Å². The summed E-state index contributed by atoms with van der Waals surface area (Å²) >= 11 is 0. The number of hydrogen-bond donors (Lipinski definition) is 2. The minimum absolute atomic E-state index is 0.0992. The predicted molar refractivity (Wildman–Crippen MR) is 118 cm³/mol. The largest absolute Gasteiger partial charge is 0.497 e. The van der Waals surface area contributed by atoms with Gasteiger partial charge in [0.15, 0.2) is 0 Å². The summed E-state index contributed by atoms with van der Waals surface area (Å²) in [6.07, 6.45) is 0. The summed E-state index contributed by atoms with van der Waals surface area (Å²) in [4.78, 5) is 26.3. The highest BCUT2D eigenvalue weighted by molar-refractivity contribution is 6.19. The highest BCUT2D eigenvalue weighted by atomic mass is 16.5. The third-order valence-corrected chi connectivity index (χ3v) is 4.95. The molecule has 3 N–H and O–H groups in total. The van der Waals surface area contributed by atoms with E-state index in [2.05, 4.69) is 5.32 Å². The molecule has 0 radical (unpaired) electrons. The zero-order valence-corrected chi connectivity index (χ0v) is 16.7. The Morgan fingerprint density at radius 1 is 0.967 bits per heavy atom. The number of rotatable bonds is 4. The molecule has 1 aromatic heterocycles. The van der Waals surface area contributed by atoms with Crippen LogP contribution in [0.3, 0.4) is 0 Å². The van der Waals surface area contributed by atoms with Gasteiger partial charge in [0.25, 0.3) is 11.8 Å². The fourth-order valence-corrected chi connectivity index (χ4v) is 3.50. The van der Waals surface area contributed by atoms with Crippen LogP contribution in [0, 0.1) is 6.92 Å². The number of carbonyl (C=O) groups is 2. The zero-order valence-electron chi connectivity index (χ0n) is 16.7. The van der Waals surface area contributed by atoms with Crippen LogP contribution in [0.1, 0.15) is 26.3 Å². The summed E-state index contributed by atoms with van der Waals surface area (Å²) in [6.45, 7) is 1.95. The lowest BCUT2D eigenvalue weighted by molar-refractivity contribution is 0.0967. The third kappa shape index (κ3) is 3.39. The van der Waals surface area contributed by atoms with Crippen molar-refractivity contribution in [3.05, 3.63) is 89.5 Å². The van der Waals surface area contributed by atoms with Crippen LogP contribution in [0.15, 0.2) is 72.8 Å². The molecular weight excluding hydrogens is 378 g/mol. The van der Waals surface area contributed by atoms with Crippen molar-refractivity contribution in [2.24, 2.45) is 0 Å². The molecule has 0 spiro atoms. The predicted octanol–water partition coefficient (Wildman–Crippen LogP) is 4.48. The number of nitrogens with one attached hydrogen (secondary N) is 1. The van der Waals surface area contributed by atoms with Crippen LogP contribution in [0.2, 0.25) is 0 Å². The van der Waals surface area contributed by atoms with Crippen molar-refractivity contribution in [3.8, 4) is 5.75 Å². The Kier molecular flexibility index (Phi) is 4.98. The maximum absolute atomic E-state index is 13.2. The zero-order chi connectivity index (χ0) is 21.3. The van der Waals surface area contributed by atoms with Crippen molar-refractivity contribution in [2.75, 3.05) is 18.2 Å². The van der Waals surface area contributed by atoms with E-state index in [0.29, 0.717) is 27.9 Å². The Balaban J connectivity index is 1.79. The smallest absolute Gasteiger partial charge is 0.264 e. The minimum Gasteiger partial charge on any atom is -0.497 e. The number of fused-ring (bicyclic) bond motifs is 1. The van der Waals surface area contributed by atoms with E-state index in [1.165, 1.54) is 4.57 Å². The Morgan fingerprint density at radius 2 is 1.70 bits per heavy atom. The van der Waals surface area contributed by atoms with Crippen LogP contribution in [0.25, 0.3) is 10.9 Å². The number of ether oxygens (including phenoxy) is 1. The van der Waals surface area contributed by atoms with E-state index in [1.807, 2.05) is 43.3 Å². The molecule has 0 aliphatic heterocycles. The Hall–Kier alpha value is -4.06. The van der Waals surface area contributed by atoms with Gasteiger partial charge in [-0.2, -0.15) is 0 Å². The molecule has 3 aromatic carbocycles. The molecule has 30 heavy (non-hydrogen) atoms. The van der Waals surface area contributed by atoms with Gasteiger partial charge in [0.1, 0.15) is 11.6 Å². The molecule has 1 amide bonds. The topological polar surface area (TPSA) is 86.3 Å². The van der Waals surface area contributed by atoms with Crippen molar-refractivity contribution in [2.45, 2.75) is 6.92 Å². The van der Waals surface area contributed by atoms with Crippen molar-refractivity contribution in [1.82, 2.24) is 4.57 Å². The van der Waals surface area contributed by atoms with E-state index in [0.717, 1.165) is 5.56 Å². The van der Waals surface area contributed by atoms with Gasteiger partial charge in [0.05, 0.1) is 18.2 Å². The molecule has 1 heterocycles. The first-order valence-corrected chi connectivity index (χ1v) is 9.45. The van der Waals surface area contributed by atoms with Crippen LogP contribution >= 0.6 is 0 Å². The average molecular weight is 399 g/mol. The molecule has 0 atom stereocenters. The fourth-order valence-electron chi connectivity index (χ4n) is 3.50. The number of nitrogen functional groups attached to an aromatic ring is 1. The first-order valence-electron chi connectivity index (χ1n) is 9.45. The van der Waals surface area contributed by atoms with Crippen molar-refractivity contribution in [1.29, 1.82) is 0 Å². The molecule has 0 bridgehead atoms. The lowest BCUT2D eigenvalue weighted by Gasteiger charge is -2.09. The normalized spacial score (nSPS) is 10.7. The van der Waals surface area contributed by atoms with Gasteiger partial charge < -0.3 is 15.8 Å². The third-order valence-electron chi connectivity index (χ3n) is 4.95. The van der Waals surface area contributed by atoms with E-state index >= 15 is 0 Å². The summed E-state index contributed by atoms with van der Waals surface area (Å²) < 4.78 is 6.53. The van der Waals surface area contributed by atoms with Gasteiger partial charge in [-0.25, -0.2) is 0 Å². The van der Waals surface area contributed by atoms with Gasteiger partial charge in [-0.15, -0.1) is 0 Å². The van der Waals surface area contributed by atoms with Crippen LogP contribution in [-0.4, -0.2) is 23.5 Å². The average Bonchev–Trinajstić information content (AvgIpc) is 3.05. The molecule has 6 nitrogen and oxygen atoms in total. The van der Waals surface area contributed by atoms with Crippen molar-refractivity contribution < 1.29 is 14.3 Å². The van der Waals surface area contributed by atoms with Gasteiger partial charge in [0, 0.05) is 16.6 Å². The minimum atomic E-state index is -0.365. The second kappa shape index (κ2) is 7.75. The molecule has 0 saturated heterocycles. The highest BCUT2D eigenvalue weighted by Crippen LogP contribution is 2.30. The van der Waals surface area contributed by atoms with Gasteiger partial charge >= 0.3 is 0 Å². The molecule has 0 unspecified atom stereocenters. The number of nitrogens with zero attached hydrogens (tertiary/aromatic N) is 1. The number of amides is 1. The number of anilines is 2. The molecular formula is C24H21N3O3. The number of aryl methyl sites for hydroxylation is 1. The molecule has 0 saturated carbocycles. The number of benzene rings is 3. The molecule has 0 fully saturated rings. The van der Waals surface area contributed by atoms with Gasteiger partial charge in [-0.3, -0.25) is 14.2 Å². The number of carbonyl (C=O) groups excluding carboxylic acids is 2. The van der Waals surface area contributed by atoms with Gasteiger partial charge in [-0.1, -0.05) is 30.3 Å². The van der Waals surface area contributed by atoms with Crippen molar-refractivity contribution >= 4 is 34.2 Å². The SMILES string of the molecule is COc1ccc(C(=O)n2c(N)c(C(=O)Nc3cccc(C)c3)c3ccccc32)cc1. The lowest BCUT2D eigenvalue weighted by Crippen LogP contribution is -2.18. The fraction of sp³-hybridized carbons (Fsp3) is 0.0833.